The van der Waals surface area contributed by atoms with E-state index in [1.165, 1.54) is 30.6 Å². The Balaban J connectivity index is 1.75. The Hall–Kier alpha value is -3.42. The van der Waals surface area contributed by atoms with Crippen molar-refractivity contribution >= 4 is 17.8 Å². The minimum atomic E-state index is -4.73. The number of rotatable bonds is 5. The van der Waals surface area contributed by atoms with Gasteiger partial charge in [0.15, 0.2) is 0 Å². The quantitative estimate of drug-likeness (QED) is 0.675. The normalized spacial score (nSPS) is 11.0. The summed E-state index contributed by atoms with van der Waals surface area (Å²) in [6.45, 7) is 0. The van der Waals surface area contributed by atoms with Gasteiger partial charge in [-0.15, -0.1) is 13.2 Å². The van der Waals surface area contributed by atoms with E-state index < -0.39 is 6.36 Å². The maximum absolute atomic E-state index is 12.2. The van der Waals surface area contributed by atoms with Crippen LogP contribution in [-0.2, 0) is 0 Å². The molecule has 132 valence electrons. The van der Waals surface area contributed by atoms with E-state index in [0.29, 0.717) is 22.8 Å². The molecule has 1 heterocycles. The maximum Gasteiger partial charge on any atom is 0.573 e. The molecule has 1 aromatic heterocycles. The van der Waals surface area contributed by atoms with Crippen LogP contribution in [0.1, 0.15) is 10.4 Å². The number of ether oxygens (including phenoxy) is 1. The third-order valence-electron chi connectivity index (χ3n) is 3.37. The third kappa shape index (κ3) is 4.56. The maximum atomic E-state index is 12.2. The number of hydrogen-bond acceptors (Lipinski definition) is 5. The lowest BCUT2D eigenvalue weighted by Crippen LogP contribution is -2.16. The van der Waals surface area contributed by atoms with E-state index in [1.807, 2.05) is 0 Å². The summed E-state index contributed by atoms with van der Waals surface area (Å²) in [7, 11) is 0. The highest BCUT2D eigenvalue weighted by Crippen LogP contribution is 2.26. The average Bonchev–Trinajstić information content (AvgIpc) is 2.62. The predicted molar refractivity (Wildman–Crippen MR) is 89.3 cm³/mol. The van der Waals surface area contributed by atoms with Crippen molar-refractivity contribution in [3.63, 3.8) is 0 Å². The first-order valence-corrected chi connectivity index (χ1v) is 7.43. The highest BCUT2D eigenvalue weighted by Gasteiger charge is 2.30. The van der Waals surface area contributed by atoms with Crippen molar-refractivity contribution in [1.82, 2.24) is 9.97 Å². The van der Waals surface area contributed by atoms with Gasteiger partial charge in [-0.3, -0.25) is 4.79 Å². The van der Waals surface area contributed by atoms with Crippen LogP contribution in [0.25, 0.3) is 11.3 Å². The van der Waals surface area contributed by atoms with Gasteiger partial charge in [-0.2, -0.15) is 0 Å². The lowest BCUT2D eigenvalue weighted by Gasteiger charge is -2.10. The van der Waals surface area contributed by atoms with Crippen LogP contribution in [-0.4, -0.2) is 22.6 Å². The average molecular weight is 359 g/mol. The molecule has 0 bridgehead atoms. The molecule has 3 rings (SSSR count). The summed E-state index contributed by atoms with van der Waals surface area (Å²) in [4.78, 5) is 19.0. The summed E-state index contributed by atoms with van der Waals surface area (Å²) < 4.78 is 40.3. The van der Waals surface area contributed by atoms with Crippen LogP contribution in [0.2, 0.25) is 0 Å². The summed E-state index contributed by atoms with van der Waals surface area (Å²) in [5.41, 5.74) is 2.54. The Bertz CT molecular complexity index is 895. The first kappa shape index (κ1) is 17.4. The molecule has 5 nitrogen and oxygen atoms in total. The monoisotopic (exact) mass is 359 g/mol. The van der Waals surface area contributed by atoms with Crippen LogP contribution in [0.5, 0.6) is 5.75 Å². The Morgan fingerprint density at radius 3 is 2.27 bits per heavy atom. The highest BCUT2D eigenvalue weighted by atomic mass is 19.4. The summed E-state index contributed by atoms with van der Waals surface area (Å²) in [6.07, 6.45) is -2.61. The van der Waals surface area contributed by atoms with Crippen LogP contribution in [0.3, 0.4) is 0 Å². The van der Waals surface area contributed by atoms with Gasteiger partial charge in [0.1, 0.15) is 24.2 Å². The fraction of sp³-hybridized carbons (Fsp3) is 0.0556. The largest absolute Gasteiger partial charge is 0.573 e. The third-order valence-corrected chi connectivity index (χ3v) is 3.37. The Labute approximate surface area is 146 Å². The number of aromatic nitrogens is 2. The van der Waals surface area contributed by atoms with Crippen molar-refractivity contribution < 1.29 is 22.7 Å². The van der Waals surface area contributed by atoms with Gasteiger partial charge < -0.3 is 10.1 Å². The van der Waals surface area contributed by atoms with Crippen molar-refractivity contribution in [2.24, 2.45) is 0 Å². The molecule has 0 unspecified atom stereocenters. The molecule has 26 heavy (non-hydrogen) atoms. The predicted octanol–water partition coefficient (Wildman–Crippen LogP) is 4.60. The van der Waals surface area contributed by atoms with E-state index in [9.17, 15) is 18.0 Å². The molecule has 3 aromatic rings. The molecule has 0 atom stereocenters. The molecule has 8 heteroatoms. The molecule has 0 fully saturated rings. The van der Waals surface area contributed by atoms with Crippen molar-refractivity contribution in [2.45, 2.75) is 6.36 Å². The number of carbonyl (C=O) groups is 1. The van der Waals surface area contributed by atoms with Crippen molar-refractivity contribution in [3.05, 3.63) is 66.5 Å². The SMILES string of the molecule is O=Cc1ccc(-c2cc(Nc3ccc(OC(F)(F)F)cc3)ncn2)cc1. The second kappa shape index (κ2) is 7.22. The first-order chi connectivity index (χ1) is 12.4. The van der Waals surface area contributed by atoms with Crippen LogP contribution < -0.4 is 10.1 Å². The molecule has 0 radical (unpaired) electrons. The highest BCUT2D eigenvalue weighted by molar-refractivity contribution is 5.76. The summed E-state index contributed by atoms with van der Waals surface area (Å²) in [6, 6.07) is 13.9. The molecule has 0 aliphatic rings. The number of aldehydes is 1. The van der Waals surface area contributed by atoms with Gasteiger partial charge in [0.25, 0.3) is 0 Å². The van der Waals surface area contributed by atoms with Gasteiger partial charge in [0.05, 0.1) is 5.69 Å². The fourth-order valence-electron chi connectivity index (χ4n) is 2.20. The van der Waals surface area contributed by atoms with Crippen LogP contribution >= 0.6 is 0 Å². The zero-order valence-electron chi connectivity index (χ0n) is 13.2. The van der Waals surface area contributed by atoms with Crippen LogP contribution in [0, 0.1) is 0 Å². The van der Waals surface area contributed by atoms with Gasteiger partial charge >= 0.3 is 6.36 Å². The van der Waals surface area contributed by atoms with Crippen molar-refractivity contribution in [1.29, 1.82) is 0 Å². The number of nitrogens with one attached hydrogen (secondary N) is 1. The molecule has 0 saturated carbocycles. The molecule has 0 saturated heterocycles. The summed E-state index contributed by atoms with van der Waals surface area (Å²) >= 11 is 0. The van der Waals surface area contributed by atoms with E-state index in [4.69, 9.17) is 0 Å². The number of anilines is 2. The van der Waals surface area contributed by atoms with E-state index in [0.717, 1.165) is 11.8 Å². The van der Waals surface area contributed by atoms with Crippen LogP contribution in [0.15, 0.2) is 60.9 Å². The Kier molecular flexibility index (Phi) is 4.83. The molecular weight excluding hydrogens is 347 g/mol. The minimum absolute atomic E-state index is 0.304. The minimum Gasteiger partial charge on any atom is -0.406 e. The molecule has 0 aliphatic heterocycles. The smallest absolute Gasteiger partial charge is 0.406 e. The number of halogens is 3. The standard InChI is InChI=1S/C18H12F3N3O2/c19-18(20,21)26-15-7-5-14(6-8-15)24-17-9-16(22-11-23-17)13-3-1-12(10-25)2-4-13/h1-11H,(H,22,23,24). The number of hydrogen-bond donors (Lipinski definition) is 1. The van der Waals surface area contributed by atoms with E-state index in [1.54, 1.807) is 30.3 Å². The lowest BCUT2D eigenvalue weighted by molar-refractivity contribution is -0.274. The van der Waals surface area contributed by atoms with Gasteiger partial charge in [-0.05, 0) is 24.3 Å². The zero-order chi connectivity index (χ0) is 18.6. The van der Waals surface area contributed by atoms with Gasteiger partial charge in [0, 0.05) is 22.9 Å². The molecule has 1 N–H and O–H groups in total. The van der Waals surface area contributed by atoms with Gasteiger partial charge in [-0.25, -0.2) is 9.97 Å². The molecular formula is C18H12F3N3O2. The second-order valence-electron chi connectivity index (χ2n) is 5.23. The van der Waals surface area contributed by atoms with Crippen LogP contribution in [0.4, 0.5) is 24.7 Å². The number of nitrogens with zero attached hydrogens (tertiary/aromatic N) is 2. The molecule has 0 spiro atoms. The van der Waals surface area contributed by atoms with Crippen molar-refractivity contribution in [3.8, 4) is 17.0 Å². The molecule has 0 aliphatic carbocycles. The van der Waals surface area contributed by atoms with E-state index in [2.05, 4.69) is 20.0 Å². The number of carbonyl (C=O) groups excluding carboxylic acids is 1. The number of benzene rings is 2. The summed E-state index contributed by atoms with van der Waals surface area (Å²) in [5.74, 6) is 0.167. The molecule has 2 aromatic carbocycles. The van der Waals surface area contributed by atoms with E-state index in [-0.39, 0.29) is 5.75 Å². The van der Waals surface area contributed by atoms with Crippen molar-refractivity contribution in [2.75, 3.05) is 5.32 Å². The number of alkyl halides is 3. The Morgan fingerprint density at radius 2 is 1.65 bits per heavy atom. The second-order valence-corrected chi connectivity index (χ2v) is 5.23. The topological polar surface area (TPSA) is 64.1 Å². The Morgan fingerprint density at radius 1 is 0.962 bits per heavy atom. The summed E-state index contributed by atoms with van der Waals surface area (Å²) in [5, 5.41) is 2.98. The first-order valence-electron chi connectivity index (χ1n) is 7.43. The molecule has 0 amide bonds. The van der Waals surface area contributed by atoms with Gasteiger partial charge in [-0.1, -0.05) is 24.3 Å². The van der Waals surface area contributed by atoms with Gasteiger partial charge in [0.2, 0.25) is 0 Å². The lowest BCUT2D eigenvalue weighted by atomic mass is 10.1. The fourth-order valence-corrected chi connectivity index (χ4v) is 2.20. The van der Waals surface area contributed by atoms with E-state index >= 15 is 0 Å². The zero-order valence-corrected chi connectivity index (χ0v) is 13.2.